The number of halogens is 3. The van der Waals surface area contributed by atoms with Crippen LogP contribution in [0, 0.1) is 16.8 Å². The minimum atomic E-state index is -1.68. The quantitative estimate of drug-likeness (QED) is 0.894. The molecule has 2 nitrogen and oxygen atoms in total. The van der Waals surface area contributed by atoms with E-state index >= 15 is 0 Å². The first-order valence-corrected chi connectivity index (χ1v) is 5.28. The van der Waals surface area contributed by atoms with Crippen molar-refractivity contribution in [1.29, 1.82) is 0 Å². The van der Waals surface area contributed by atoms with E-state index < -0.39 is 28.3 Å². The molecule has 0 unspecified atom stereocenters. The summed E-state index contributed by atoms with van der Waals surface area (Å²) in [6.07, 6.45) is 0. The van der Waals surface area contributed by atoms with E-state index in [0.29, 0.717) is 4.88 Å². The molecular formula is C11H5F3O2S. The Balaban J connectivity index is 2.56. The summed E-state index contributed by atoms with van der Waals surface area (Å²) in [5.41, 5.74) is -0.898. The van der Waals surface area contributed by atoms with Crippen molar-refractivity contribution in [3.05, 3.63) is 46.6 Å². The van der Waals surface area contributed by atoms with Crippen molar-refractivity contribution in [2.75, 3.05) is 0 Å². The summed E-state index contributed by atoms with van der Waals surface area (Å²) in [6.45, 7) is 0. The minimum Gasteiger partial charge on any atom is -0.477 e. The summed E-state index contributed by atoms with van der Waals surface area (Å²) >= 11 is 0.725. The average Bonchev–Trinajstić information content (AvgIpc) is 2.63. The Labute approximate surface area is 97.9 Å². The molecule has 0 aliphatic rings. The van der Waals surface area contributed by atoms with Crippen molar-refractivity contribution in [2.24, 2.45) is 0 Å². The molecule has 17 heavy (non-hydrogen) atoms. The highest BCUT2D eigenvalue weighted by molar-refractivity contribution is 7.13. The first kappa shape index (κ1) is 11.7. The molecule has 0 radical (unpaired) electrons. The maximum Gasteiger partial charge on any atom is 0.341 e. The van der Waals surface area contributed by atoms with E-state index in [1.165, 1.54) is 12.1 Å². The van der Waals surface area contributed by atoms with Crippen LogP contribution < -0.4 is 0 Å². The topological polar surface area (TPSA) is 37.3 Å². The molecule has 6 heteroatoms. The maximum atomic E-state index is 13.3. The number of carboxylic acid groups (broad SMARTS) is 1. The lowest BCUT2D eigenvalue weighted by molar-refractivity contribution is 0.0686. The molecule has 0 aliphatic heterocycles. The van der Waals surface area contributed by atoms with Gasteiger partial charge in [0.25, 0.3) is 0 Å². The second-order valence-electron chi connectivity index (χ2n) is 3.22. The second kappa shape index (κ2) is 4.21. The number of carboxylic acids is 1. The van der Waals surface area contributed by atoms with Gasteiger partial charge in [0.2, 0.25) is 0 Å². The number of hydrogen-bond acceptors (Lipinski definition) is 2. The van der Waals surface area contributed by atoms with E-state index in [-0.39, 0.29) is 5.56 Å². The molecule has 0 atom stereocenters. The van der Waals surface area contributed by atoms with Crippen LogP contribution in [0.2, 0.25) is 0 Å². The molecule has 1 N–H and O–H groups in total. The molecule has 1 aromatic carbocycles. The highest BCUT2D eigenvalue weighted by atomic mass is 32.1. The van der Waals surface area contributed by atoms with Crippen molar-refractivity contribution >= 4 is 17.3 Å². The van der Waals surface area contributed by atoms with Crippen LogP contribution in [0.3, 0.4) is 0 Å². The lowest BCUT2D eigenvalue weighted by Crippen LogP contribution is -2.04. The molecule has 0 spiro atoms. The van der Waals surface area contributed by atoms with E-state index in [4.69, 9.17) is 5.11 Å². The maximum absolute atomic E-state index is 13.3. The van der Waals surface area contributed by atoms with Crippen molar-refractivity contribution in [2.45, 2.75) is 0 Å². The molecular weight excluding hydrogens is 253 g/mol. The average molecular weight is 258 g/mol. The van der Waals surface area contributed by atoms with E-state index in [2.05, 4.69) is 0 Å². The predicted molar refractivity (Wildman–Crippen MR) is 56.6 cm³/mol. The molecule has 0 bridgehead atoms. The highest BCUT2D eigenvalue weighted by Gasteiger charge is 2.18. The van der Waals surface area contributed by atoms with Gasteiger partial charge < -0.3 is 5.11 Å². The molecule has 1 heterocycles. The third kappa shape index (κ3) is 2.16. The van der Waals surface area contributed by atoms with E-state index in [0.717, 1.165) is 23.5 Å². The smallest absolute Gasteiger partial charge is 0.341 e. The zero-order chi connectivity index (χ0) is 12.6. The molecule has 0 saturated heterocycles. The molecule has 2 aromatic rings. The van der Waals surface area contributed by atoms with Crippen molar-refractivity contribution in [3.8, 4) is 10.4 Å². The third-order valence-corrected chi connectivity index (χ3v) is 3.04. The van der Waals surface area contributed by atoms with Crippen LogP contribution in [0.4, 0.5) is 13.2 Å². The molecule has 0 aliphatic carbocycles. The minimum absolute atomic E-state index is 0.110. The van der Waals surface area contributed by atoms with Gasteiger partial charge in [0.1, 0.15) is 17.2 Å². The molecule has 2 rings (SSSR count). The molecule has 0 amide bonds. The summed E-state index contributed by atoms with van der Waals surface area (Å²) in [6, 6.07) is 4.28. The Kier molecular flexibility index (Phi) is 2.89. The standard InChI is InChI=1S/C11H5F3O2S/c12-6-3-5(8-1-2-9(14)17-8)4-7(13)10(6)11(15)16/h1-4H,(H,15,16). The summed E-state index contributed by atoms with van der Waals surface area (Å²) in [4.78, 5) is 10.9. The first-order valence-electron chi connectivity index (χ1n) is 4.47. The number of thiophene rings is 1. The Bertz CT molecular complexity index is 569. The zero-order valence-electron chi connectivity index (χ0n) is 8.21. The zero-order valence-corrected chi connectivity index (χ0v) is 9.02. The van der Waals surface area contributed by atoms with Gasteiger partial charge in [-0.25, -0.2) is 13.6 Å². The fraction of sp³-hybridized carbons (Fsp3) is 0. The van der Waals surface area contributed by atoms with Crippen LogP contribution in [0.25, 0.3) is 10.4 Å². The van der Waals surface area contributed by atoms with E-state index in [1.54, 1.807) is 0 Å². The lowest BCUT2D eigenvalue weighted by atomic mass is 10.1. The number of carbonyl (C=O) groups is 1. The number of benzene rings is 1. The van der Waals surface area contributed by atoms with Gasteiger partial charge in [-0.2, -0.15) is 4.39 Å². The summed E-state index contributed by atoms with van der Waals surface area (Å²) in [5.74, 6) is -4.04. The fourth-order valence-corrected chi connectivity index (χ4v) is 2.11. The summed E-state index contributed by atoms with van der Waals surface area (Å²) in [7, 11) is 0. The number of aromatic carboxylic acids is 1. The third-order valence-electron chi connectivity index (χ3n) is 2.11. The number of rotatable bonds is 2. The summed E-state index contributed by atoms with van der Waals surface area (Å²) < 4.78 is 39.4. The van der Waals surface area contributed by atoms with Crippen molar-refractivity contribution in [1.82, 2.24) is 0 Å². The highest BCUT2D eigenvalue weighted by Crippen LogP contribution is 2.29. The van der Waals surface area contributed by atoms with Gasteiger partial charge >= 0.3 is 5.97 Å². The van der Waals surface area contributed by atoms with Crippen LogP contribution in [0.5, 0.6) is 0 Å². The van der Waals surface area contributed by atoms with Gasteiger partial charge in [-0.15, -0.1) is 11.3 Å². The fourth-order valence-electron chi connectivity index (χ4n) is 1.39. The predicted octanol–water partition coefficient (Wildman–Crippen LogP) is 3.53. The molecule has 1 aromatic heterocycles. The van der Waals surface area contributed by atoms with Crippen LogP contribution in [0.15, 0.2) is 24.3 Å². The molecule has 0 saturated carbocycles. The van der Waals surface area contributed by atoms with Gasteiger partial charge in [0, 0.05) is 4.88 Å². The molecule has 88 valence electrons. The monoisotopic (exact) mass is 258 g/mol. The lowest BCUT2D eigenvalue weighted by Gasteiger charge is -2.03. The van der Waals surface area contributed by atoms with Crippen LogP contribution in [-0.4, -0.2) is 11.1 Å². The largest absolute Gasteiger partial charge is 0.477 e. The Morgan fingerprint density at radius 2 is 1.71 bits per heavy atom. The van der Waals surface area contributed by atoms with Gasteiger partial charge in [-0.05, 0) is 29.8 Å². The Hall–Kier alpha value is -1.82. The van der Waals surface area contributed by atoms with Gasteiger partial charge in [-0.3, -0.25) is 0 Å². The van der Waals surface area contributed by atoms with Crippen molar-refractivity contribution in [3.63, 3.8) is 0 Å². The number of hydrogen-bond donors (Lipinski definition) is 1. The van der Waals surface area contributed by atoms with E-state index in [9.17, 15) is 18.0 Å². The van der Waals surface area contributed by atoms with Crippen LogP contribution in [-0.2, 0) is 0 Å². The Morgan fingerprint density at radius 3 is 2.12 bits per heavy atom. The van der Waals surface area contributed by atoms with E-state index in [1.807, 2.05) is 0 Å². The van der Waals surface area contributed by atoms with Gasteiger partial charge in [0.05, 0.1) is 0 Å². The van der Waals surface area contributed by atoms with Crippen molar-refractivity contribution < 1.29 is 23.1 Å². The van der Waals surface area contributed by atoms with Crippen LogP contribution in [0.1, 0.15) is 10.4 Å². The van der Waals surface area contributed by atoms with Gasteiger partial charge in [0.15, 0.2) is 5.13 Å². The second-order valence-corrected chi connectivity index (χ2v) is 4.26. The SMILES string of the molecule is O=C(O)c1c(F)cc(-c2ccc(F)s2)cc1F. The molecule has 0 fully saturated rings. The Morgan fingerprint density at radius 1 is 1.12 bits per heavy atom. The first-order chi connectivity index (χ1) is 7.99. The normalized spacial score (nSPS) is 10.5. The van der Waals surface area contributed by atoms with Gasteiger partial charge in [-0.1, -0.05) is 0 Å². The van der Waals surface area contributed by atoms with Crippen LogP contribution >= 0.6 is 11.3 Å². The summed E-state index contributed by atoms with van der Waals surface area (Å²) in [5, 5.41) is 8.09.